The SMILES string of the molecule is Cc1ccccc1[C@@H]1CN(C(=O)Nc2ccc(Cl)cc2)[C@H](C(=O)N(F)c2ccc(-c3ccccc3)c(S(C)(=O)=O)c2)[C@@H]1S(=O)(=O)O. The molecule has 46 heavy (non-hydrogen) atoms. The molecule has 1 aliphatic rings. The number of carbonyl (C=O) groups is 2. The fraction of sp³-hybridized carbons (Fsp3) is 0.188. The summed E-state index contributed by atoms with van der Waals surface area (Å²) in [6.45, 7) is 1.33. The van der Waals surface area contributed by atoms with Gasteiger partial charge in [0.2, 0.25) is 0 Å². The topological polar surface area (TPSA) is 141 Å². The highest BCUT2D eigenvalue weighted by molar-refractivity contribution is 7.90. The van der Waals surface area contributed by atoms with Crippen molar-refractivity contribution in [1.82, 2.24) is 4.90 Å². The molecule has 0 saturated carbocycles. The number of nitrogens with zero attached hydrogens (tertiary/aromatic N) is 2. The van der Waals surface area contributed by atoms with E-state index in [-0.39, 0.29) is 22.7 Å². The first kappa shape index (κ1) is 33.1. The fourth-order valence-corrected chi connectivity index (χ4v) is 8.01. The van der Waals surface area contributed by atoms with Crippen LogP contribution >= 0.6 is 11.6 Å². The molecule has 14 heteroatoms. The largest absolute Gasteiger partial charge is 0.322 e. The van der Waals surface area contributed by atoms with Gasteiger partial charge >= 0.3 is 6.03 Å². The van der Waals surface area contributed by atoms with Crippen molar-refractivity contribution in [3.05, 3.63) is 113 Å². The van der Waals surface area contributed by atoms with E-state index in [1.165, 1.54) is 36.4 Å². The first-order chi connectivity index (χ1) is 21.7. The maximum Gasteiger partial charge on any atom is 0.322 e. The second-order valence-electron chi connectivity index (χ2n) is 10.9. The van der Waals surface area contributed by atoms with Gasteiger partial charge in [-0.1, -0.05) is 76.7 Å². The molecule has 4 aromatic carbocycles. The third-order valence-corrected chi connectivity index (χ3v) is 10.5. The van der Waals surface area contributed by atoms with Gasteiger partial charge < -0.3 is 10.2 Å². The number of likely N-dealkylation sites (tertiary alicyclic amines) is 1. The minimum Gasteiger partial charge on any atom is -0.310 e. The predicted molar refractivity (Wildman–Crippen MR) is 174 cm³/mol. The molecule has 10 nitrogen and oxygen atoms in total. The van der Waals surface area contributed by atoms with E-state index in [1.807, 2.05) is 0 Å². The molecule has 2 N–H and O–H groups in total. The van der Waals surface area contributed by atoms with Crippen LogP contribution in [0, 0.1) is 6.92 Å². The summed E-state index contributed by atoms with van der Waals surface area (Å²) in [4.78, 5) is 28.2. The molecule has 3 amide bonds. The van der Waals surface area contributed by atoms with E-state index in [0.717, 1.165) is 17.2 Å². The maximum atomic E-state index is 16.2. The third-order valence-electron chi connectivity index (χ3n) is 7.85. The molecule has 1 fully saturated rings. The summed E-state index contributed by atoms with van der Waals surface area (Å²) in [5.74, 6) is -2.63. The molecule has 5 rings (SSSR count). The van der Waals surface area contributed by atoms with E-state index in [4.69, 9.17) is 11.6 Å². The summed E-state index contributed by atoms with van der Waals surface area (Å²) in [6.07, 6.45) is 0.934. The van der Waals surface area contributed by atoms with E-state index in [0.29, 0.717) is 21.7 Å². The molecule has 4 aromatic rings. The Bertz CT molecular complexity index is 2010. The van der Waals surface area contributed by atoms with Crippen molar-refractivity contribution in [2.45, 2.75) is 29.0 Å². The zero-order chi connectivity index (χ0) is 33.4. The van der Waals surface area contributed by atoms with E-state index in [2.05, 4.69) is 5.32 Å². The Morgan fingerprint density at radius 2 is 1.57 bits per heavy atom. The van der Waals surface area contributed by atoms with Crippen LogP contribution in [0.4, 0.5) is 20.7 Å². The number of halogens is 2. The molecule has 1 saturated heterocycles. The van der Waals surface area contributed by atoms with Gasteiger partial charge in [0.25, 0.3) is 16.0 Å². The molecular weight excluding hydrogens is 657 g/mol. The van der Waals surface area contributed by atoms with Gasteiger partial charge in [0.05, 0.1) is 10.6 Å². The van der Waals surface area contributed by atoms with Gasteiger partial charge in [0.15, 0.2) is 9.84 Å². The molecule has 0 spiro atoms. The van der Waals surface area contributed by atoms with Crippen molar-refractivity contribution in [1.29, 1.82) is 0 Å². The molecule has 1 aliphatic heterocycles. The number of nitrogens with one attached hydrogen (secondary N) is 1. The second-order valence-corrected chi connectivity index (χ2v) is 14.9. The van der Waals surface area contributed by atoms with Crippen molar-refractivity contribution in [3.63, 3.8) is 0 Å². The van der Waals surface area contributed by atoms with Crippen LogP contribution in [0.3, 0.4) is 0 Å². The van der Waals surface area contributed by atoms with Gasteiger partial charge in [-0.25, -0.2) is 13.2 Å². The van der Waals surface area contributed by atoms with Crippen molar-refractivity contribution >= 4 is 54.9 Å². The van der Waals surface area contributed by atoms with Crippen LogP contribution in [0.2, 0.25) is 5.02 Å². The summed E-state index contributed by atoms with van der Waals surface area (Å²) in [6, 6.07) is 21.6. The molecule has 1 heterocycles. The lowest BCUT2D eigenvalue weighted by Gasteiger charge is -2.28. The zero-order valence-electron chi connectivity index (χ0n) is 24.5. The Kier molecular flexibility index (Phi) is 9.23. The van der Waals surface area contributed by atoms with Crippen LogP contribution in [0.25, 0.3) is 11.1 Å². The van der Waals surface area contributed by atoms with Crippen molar-refractivity contribution in [2.75, 3.05) is 23.2 Å². The molecule has 240 valence electrons. The van der Waals surface area contributed by atoms with E-state index in [9.17, 15) is 31.0 Å². The molecule has 0 radical (unpaired) electrons. The highest BCUT2D eigenvalue weighted by Gasteiger charge is 2.56. The standard InChI is InChI=1S/C32H29ClFN3O7S2/c1-20-8-6-7-11-25(20)27-19-36(32(39)35-23-14-12-22(33)13-15-23)29(30(27)46(42,43)44)31(38)37(34)24-16-17-26(21-9-4-3-5-10-21)28(18-24)45(2,40)41/h3-18,27,29-30H,19H2,1-2H3,(H,35,39)(H,42,43,44)/t27-,29-,30+/m0/s1. The quantitative estimate of drug-likeness (QED) is 0.183. The third kappa shape index (κ3) is 6.77. The van der Waals surface area contributed by atoms with Crippen molar-refractivity contribution in [3.8, 4) is 11.1 Å². The van der Waals surface area contributed by atoms with Crippen molar-refractivity contribution < 1.29 is 35.5 Å². The normalized spacial score (nSPS) is 18.3. The first-order valence-electron chi connectivity index (χ1n) is 13.9. The fourth-order valence-electron chi connectivity index (χ4n) is 5.73. The van der Waals surface area contributed by atoms with Gasteiger partial charge in [-0.2, -0.15) is 8.42 Å². The smallest absolute Gasteiger partial charge is 0.310 e. The molecule has 0 aromatic heterocycles. The number of anilines is 2. The minimum atomic E-state index is -5.09. The Morgan fingerprint density at radius 3 is 2.17 bits per heavy atom. The second kappa shape index (κ2) is 12.8. The predicted octanol–water partition coefficient (Wildman–Crippen LogP) is 5.89. The number of urea groups is 1. The number of aryl methyl sites for hydroxylation is 1. The van der Waals surface area contributed by atoms with Gasteiger partial charge in [-0.15, -0.1) is 5.12 Å². The minimum absolute atomic E-state index is 0.257. The number of amides is 3. The molecule has 0 aliphatic carbocycles. The molecule has 0 unspecified atom stereocenters. The Hall–Kier alpha value is -4.30. The highest BCUT2D eigenvalue weighted by Crippen LogP contribution is 2.40. The van der Waals surface area contributed by atoms with Gasteiger partial charge in [-0.05, 0) is 60.0 Å². The molecular formula is C32H29ClFN3O7S2. The van der Waals surface area contributed by atoms with Crippen LogP contribution in [-0.4, -0.2) is 62.3 Å². The van der Waals surface area contributed by atoms with Crippen LogP contribution in [0.5, 0.6) is 0 Å². The van der Waals surface area contributed by atoms with Crippen LogP contribution in [0.15, 0.2) is 102 Å². The van der Waals surface area contributed by atoms with Crippen molar-refractivity contribution in [2.24, 2.45) is 0 Å². The number of benzene rings is 4. The van der Waals surface area contributed by atoms with Crippen LogP contribution in [-0.2, 0) is 24.7 Å². The molecule has 0 bridgehead atoms. The number of sulfone groups is 1. The average Bonchev–Trinajstić information content (AvgIpc) is 3.43. The van der Waals surface area contributed by atoms with Crippen LogP contribution < -0.4 is 10.4 Å². The van der Waals surface area contributed by atoms with Gasteiger partial charge in [-0.3, -0.25) is 9.35 Å². The summed E-state index contributed by atoms with van der Waals surface area (Å²) in [5, 5.41) is 0.596. The average molecular weight is 686 g/mol. The number of hydrogen-bond acceptors (Lipinski definition) is 6. The number of hydrogen-bond donors (Lipinski definition) is 2. The maximum absolute atomic E-state index is 16.2. The lowest BCUT2D eigenvalue weighted by Crippen LogP contribution is -2.52. The lowest BCUT2D eigenvalue weighted by molar-refractivity contribution is -0.124. The lowest BCUT2D eigenvalue weighted by atomic mass is 9.92. The van der Waals surface area contributed by atoms with E-state index >= 15 is 4.48 Å². The summed E-state index contributed by atoms with van der Waals surface area (Å²) in [5.41, 5.74) is 1.58. The monoisotopic (exact) mass is 685 g/mol. The van der Waals surface area contributed by atoms with E-state index in [1.54, 1.807) is 61.5 Å². The molecule has 3 atom stereocenters. The summed E-state index contributed by atoms with van der Waals surface area (Å²) < 4.78 is 78.1. The Balaban J connectivity index is 1.60. The summed E-state index contributed by atoms with van der Waals surface area (Å²) >= 11 is 5.94. The number of rotatable bonds is 7. The highest BCUT2D eigenvalue weighted by atomic mass is 35.5. The van der Waals surface area contributed by atoms with Gasteiger partial charge in [0.1, 0.15) is 11.3 Å². The first-order valence-corrected chi connectivity index (χ1v) is 17.7. The van der Waals surface area contributed by atoms with Crippen LogP contribution in [0.1, 0.15) is 17.0 Å². The Morgan fingerprint density at radius 1 is 0.935 bits per heavy atom. The zero-order valence-corrected chi connectivity index (χ0v) is 26.9. The van der Waals surface area contributed by atoms with Gasteiger partial charge in [0, 0.05) is 35.0 Å². The summed E-state index contributed by atoms with van der Waals surface area (Å²) in [7, 11) is -9.05. The number of carbonyl (C=O) groups excluding carboxylic acids is 2. The van der Waals surface area contributed by atoms with E-state index < -0.39 is 59.9 Å². The Labute approximate surface area is 271 Å².